The average Bonchev–Trinajstić information content (AvgIpc) is 2.97. The molecule has 0 radical (unpaired) electrons. The van der Waals surface area contributed by atoms with E-state index in [9.17, 15) is 9.18 Å². The second-order valence-corrected chi connectivity index (χ2v) is 6.03. The van der Waals surface area contributed by atoms with Crippen molar-refractivity contribution in [2.75, 3.05) is 6.54 Å². The van der Waals surface area contributed by atoms with Gasteiger partial charge in [-0.1, -0.05) is 24.3 Å². The van der Waals surface area contributed by atoms with Gasteiger partial charge in [0.15, 0.2) is 0 Å². The molecule has 1 unspecified atom stereocenters. The number of aryl methyl sites for hydroxylation is 1. The lowest BCUT2D eigenvalue weighted by molar-refractivity contribution is -0.120. The van der Waals surface area contributed by atoms with Crippen molar-refractivity contribution in [1.29, 1.82) is 0 Å². The second kappa shape index (κ2) is 7.45. The molecular formula is C19H21FN2O2. The van der Waals surface area contributed by atoms with Gasteiger partial charge in [0.1, 0.15) is 18.2 Å². The van der Waals surface area contributed by atoms with Crippen LogP contribution >= 0.6 is 0 Å². The first kappa shape index (κ1) is 16.5. The summed E-state index contributed by atoms with van der Waals surface area (Å²) in [6, 6.07) is 12.2. The maximum Gasteiger partial charge on any atom is 0.237 e. The molecule has 126 valence electrons. The van der Waals surface area contributed by atoms with Gasteiger partial charge in [-0.3, -0.25) is 4.79 Å². The molecule has 2 N–H and O–H groups in total. The maximum atomic E-state index is 13.2. The van der Waals surface area contributed by atoms with Gasteiger partial charge in [0, 0.05) is 13.1 Å². The van der Waals surface area contributed by atoms with Gasteiger partial charge in [-0.05, 0) is 48.2 Å². The van der Waals surface area contributed by atoms with Crippen molar-refractivity contribution in [1.82, 2.24) is 10.6 Å². The summed E-state index contributed by atoms with van der Waals surface area (Å²) >= 11 is 0. The average molecular weight is 328 g/mol. The van der Waals surface area contributed by atoms with E-state index in [0.29, 0.717) is 13.2 Å². The number of halogens is 1. The lowest BCUT2D eigenvalue weighted by Gasteiger charge is -2.13. The molecule has 1 atom stereocenters. The predicted octanol–water partition coefficient (Wildman–Crippen LogP) is 2.69. The highest BCUT2D eigenvalue weighted by atomic mass is 19.1. The monoisotopic (exact) mass is 328 g/mol. The molecule has 2 aromatic rings. The molecule has 1 fully saturated rings. The van der Waals surface area contributed by atoms with Crippen molar-refractivity contribution >= 4 is 5.91 Å². The molecular weight excluding hydrogens is 307 g/mol. The quantitative estimate of drug-likeness (QED) is 0.857. The standard InChI is InChI=1S/C19H21FN2O2/c1-13-9-14(11-22-17-7-8-21-19(17)23)5-6-18(13)24-12-15-3-2-4-16(20)10-15/h2-6,9-10,17,22H,7-8,11-12H2,1H3,(H,21,23). The van der Waals surface area contributed by atoms with Gasteiger partial charge in [0.05, 0.1) is 6.04 Å². The van der Waals surface area contributed by atoms with Crippen molar-refractivity contribution in [3.05, 3.63) is 65.0 Å². The van der Waals surface area contributed by atoms with Crippen molar-refractivity contribution < 1.29 is 13.9 Å². The maximum absolute atomic E-state index is 13.2. The van der Waals surface area contributed by atoms with Crippen LogP contribution in [-0.4, -0.2) is 18.5 Å². The van der Waals surface area contributed by atoms with E-state index in [4.69, 9.17) is 4.74 Å². The predicted molar refractivity (Wildman–Crippen MR) is 90.2 cm³/mol. The van der Waals surface area contributed by atoms with Gasteiger partial charge >= 0.3 is 0 Å². The number of benzene rings is 2. The third kappa shape index (κ3) is 4.11. The van der Waals surface area contributed by atoms with Crippen LogP contribution in [0.4, 0.5) is 4.39 Å². The largest absolute Gasteiger partial charge is 0.489 e. The van der Waals surface area contributed by atoms with E-state index in [1.807, 2.05) is 31.2 Å². The van der Waals surface area contributed by atoms with E-state index in [1.54, 1.807) is 6.07 Å². The summed E-state index contributed by atoms with van der Waals surface area (Å²) in [6.45, 7) is 3.69. The number of rotatable bonds is 6. The lowest BCUT2D eigenvalue weighted by atomic mass is 10.1. The summed E-state index contributed by atoms with van der Waals surface area (Å²) < 4.78 is 19.0. The molecule has 1 aliphatic rings. The van der Waals surface area contributed by atoms with Crippen LogP contribution in [0.25, 0.3) is 0 Å². The van der Waals surface area contributed by atoms with Crippen LogP contribution in [0.1, 0.15) is 23.1 Å². The highest BCUT2D eigenvalue weighted by molar-refractivity contribution is 5.83. The highest BCUT2D eigenvalue weighted by Gasteiger charge is 2.22. The van der Waals surface area contributed by atoms with E-state index in [-0.39, 0.29) is 17.8 Å². The zero-order valence-electron chi connectivity index (χ0n) is 13.6. The van der Waals surface area contributed by atoms with E-state index in [0.717, 1.165) is 35.4 Å². The van der Waals surface area contributed by atoms with Crippen LogP contribution in [0.5, 0.6) is 5.75 Å². The Morgan fingerprint density at radius 1 is 1.25 bits per heavy atom. The topological polar surface area (TPSA) is 50.4 Å². The number of nitrogens with one attached hydrogen (secondary N) is 2. The highest BCUT2D eigenvalue weighted by Crippen LogP contribution is 2.21. The van der Waals surface area contributed by atoms with Gasteiger partial charge in [-0.2, -0.15) is 0 Å². The first-order chi connectivity index (χ1) is 11.6. The lowest BCUT2D eigenvalue weighted by Crippen LogP contribution is -2.35. The molecule has 0 aliphatic carbocycles. The van der Waals surface area contributed by atoms with E-state index in [1.165, 1.54) is 12.1 Å². The van der Waals surface area contributed by atoms with Crippen LogP contribution in [0.3, 0.4) is 0 Å². The Labute approximate surface area is 141 Å². The smallest absolute Gasteiger partial charge is 0.237 e. The number of amides is 1. The Balaban J connectivity index is 1.57. The summed E-state index contributed by atoms with van der Waals surface area (Å²) in [5.41, 5.74) is 2.92. The fourth-order valence-corrected chi connectivity index (χ4v) is 2.80. The van der Waals surface area contributed by atoms with Gasteiger partial charge in [-0.15, -0.1) is 0 Å². The van der Waals surface area contributed by atoms with Crippen LogP contribution < -0.4 is 15.4 Å². The summed E-state index contributed by atoms with van der Waals surface area (Å²) in [5.74, 6) is 0.591. The molecule has 1 aliphatic heterocycles. The summed E-state index contributed by atoms with van der Waals surface area (Å²) in [7, 11) is 0. The molecule has 1 amide bonds. The Hall–Kier alpha value is -2.40. The molecule has 3 rings (SSSR count). The Morgan fingerprint density at radius 3 is 2.83 bits per heavy atom. The molecule has 0 bridgehead atoms. The molecule has 4 nitrogen and oxygen atoms in total. The van der Waals surface area contributed by atoms with Crippen LogP contribution in [0.2, 0.25) is 0 Å². The van der Waals surface area contributed by atoms with Gasteiger partial charge in [0.25, 0.3) is 0 Å². The fourth-order valence-electron chi connectivity index (χ4n) is 2.80. The van der Waals surface area contributed by atoms with Gasteiger partial charge in [-0.25, -0.2) is 4.39 Å². The Bertz CT molecular complexity index is 733. The van der Waals surface area contributed by atoms with E-state index in [2.05, 4.69) is 10.6 Å². The van der Waals surface area contributed by atoms with E-state index < -0.39 is 0 Å². The summed E-state index contributed by atoms with van der Waals surface area (Å²) in [4.78, 5) is 11.5. The molecule has 0 spiro atoms. The van der Waals surface area contributed by atoms with Crippen LogP contribution in [0.15, 0.2) is 42.5 Å². The zero-order valence-corrected chi connectivity index (χ0v) is 13.6. The van der Waals surface area contributed by atoms with Crippen molar-refractivity contribution in [3.63, 3.8) is 0 Å². The number of carbonyl (C=O) groups is 1. The molecule has 1 saturated heterocycles. The first-order valence-corrected chi connectivity index (χ1v) is 8.10. The summed E-state index contributed by atoms with van der Waals surface area (Å²) in [6.07, 6.45) is 0.826. The normalized spacial score (nSPS) is 16.9. The second-order valence-electron chi connectivity index (χ2n) is 6.03. The fraction of sp³-hybridized carbons (Fsp3) is 0.316. The third-order valence-electron chi connectivity index (χ3n) is 4.12. The van der Waals surface area contributed by atoms with Crippen molar-refractivity contribution in [2.45, 2.75) is 32.5 Å². The molecule has 1 heterocycles. The minimum atomic E-state index is -0.259. The minimum absolute atomic E-state index is 0.0711. The molecule has 2 aromatic carbocycles. The van der Waals surface area contributed by atoms with Crippen LogP contribution in [-0.2, 0) is 17.9 Å². The molecule has 5 heteroatoms. The summed E-state index contributed by atoms with van der Waals surface area (Å²) in [5, 5.41) is 6.08. The molecule has 24 heavy (non-hydrogen) atoms. The number of carbonyl (C=O) groups excluding carboxylic acids is 1. The minimum Gasteiger partial charge on any atom is -0.489 e. The number of hydrogen-bond acceptors (Lipinski definition) is 3. The van der Waals surface area contributed by atoms with Gasteiger partial charge < -0.3 is 15.4 Å². The van der Waals surface area contributed by atoms with Crippen molar-refractivity contribution in [3.8, 4) is 5.75 Å². The molecule has 0 saturated carbocycles. The van der Waals surface area contributed by atoms with Gasteiger partial charge in [0.2, 0.25) is 5.91 Å². The Morgan fingerprint density at radius 2 is 2.12 bits per heavy atom. The SMILES string of the molecule is Cc1cc(CNC2CCNC2=O)ccc1OCc1cccc(F)c1. The number of ether oxygens (including phenoxy) is 1. The van der Waals surface area contributed by atoms with Crippen molar-refractivity contribution in [2.24, 2.45) is 0 Å². The van der Waals surface area contributed by atoms with Crippen LogP contribution in [0, 0.1) is 12.7 Å². The van der Waals surface area contributed by atoms with E-state index >= 15 is 0 Å². The zero-order chi connectivity index (χ0) is 16.9. The Kier molecular flexibility index (Phi) is 5.11. The molecule has 0 aromatic heterocycles. The number of hydrogen-bond donors (Lipinski definition) is 2. The third-order valence-corrected chi connectivity index (χ3v) is 4.12. The first-order valence-electron chi connectivity index (χ1n) is 8.10.